The normalized spacial score (nSPS) is 19.1. The minimum absolute atomic E-state index is 0.173. The smallest absolute Gasteiger partial charge is 0.0669 e. The number of aromatic nitrogens is 2. The van der Waals surface area contributed by atoms with Gasteiger partial charge in [0.15, 0.2) is 0 Å². The van der Waals surface area contributed by atoms with Crippen molar-refractivity contribution in [2.24, 2.45) is 12.5 Å². The van der Waals surface area contributed by atoms with E-state index in [1.165, 1.54) is 17.0 Å². The maximum absolute atomic E-state index is 9.65. The number of rotatable bonds is 6. The first-order valence-electron chi connectivity index (χ1n) is 8.46. The Labute approximate surface area is 129 Å². The zero-order valence-corrected chi connectivity index (χ0v) is 14.2. The van der Waals surface area contributed by atoms with Crippen LogP contribution in [0.3, 0.4) is 0 Å². The fourth-order valence-electron chi connectivity index (χ4n) is 3.61. The number of hydrogen-bond acceptors (Lipinski definition) is 3. The second kappa shape index (κ2) is 6.93. The van der Waals surface area contributed by atoms with Gasteiger partial charge in [-0.3, -0.25) is 9.58 Å². The molecule has 0 atom stereocenters. The maximum Gasteiger partial charge on any atom is 0.0669 e. The van der Waals surface area contributed by atoms with Crippen LogP contribution in [-0.2, 0) is 26.4 Å². The summed E-state index contributed by atoms with van der Waals surface area (Å²) in [6.07, 6.45) is 5.37. The van der Waals surface area contributed by atoms with Crippen LogP contribution < -0.4 is 0 Å². The highest BCUT2D eigenvalue weighted by molar-refractivity contribution is 5.26. The molecule has 0 amide bonds. The lowest BCUT2D eigenvalue weighted by molar-refractivity contribution is 0.0381. The van der Waals surface area contributed by atoms with Crippen molar-refractivity contribution >= 4 is 0 Å². The average molecular weight is 293 g/mol. The van der Waals surface area contributed by atoms with Crippen molar-refractivity contribution in [2.75, 3.05) is 19.7 Å². The van der Waals surface area contributed by atoms with Gasteiger partial charge in [0.1, 0.15) is 0 Å². The van der Waals surface area contributed by atoms with E-state index in [1.807, 2.05) is 0 Å². The summed E-state index contributed by atoms with van der Waals surface area (Å²) in [6.45, 7) is 10.2. The lowest BCUT2D eigenvalue weighted by atomic mass is 9.77. The second-order valence-corrected chi connectivity index (χ2v) is 6.49. The fraction of sp³-hybridized carbons (Fsp3) is 0.824. The van der Waals surface area contributed by atoms with Gasteiger partial charge in [-0.05, 0) is 50.6 Å². The van der Waals surface area contributed by atoms with Crippen molar-refractivity contribution in [3.8, 4) is 0 Å². The molecule has 1 N–H and O–H groups in total. The molecule has 1 aliphatic rings. The number of aliphatic hydroxyl groups is 1. The van der Waals surface area contributed by atoms with Gasteiger partial charge in [-0.1, -0.05) is 20.8 Å². The molecule has 1 aromatic heterocycles. The number of aliphatic hydroxyl groups excluding tert-OH is 1. The molecule has 1 aliphatic heterocycles. The molecule has 21 heavy (non-hydrogen) atoms. The molecule has 0 bridgehead atoms. The predicted molar refractivity (Wildman–Crippen MR) is 86.3 cm³/mol. The summed E-state index contributed by atoms with van der Waals surface area (Å²) in [5.74, 6) is 0. The summed E-state index contributed by atoms with van der Waals surface area (Å²) < 4.78 is 2.06. The second-order valence-electron chi connectivity index (χ2n) is 6.49. The molecule has 1 fully saturated rings. The van der Waals surface area contributed by atoms with E-state index in [-0.39, 0.29) is 5.41 Å². The Hall–Kier alpha value is -0.870. The summed E-state index contributed by atoms with van der Waals surface area (Å²) in [5, 5.41) is 14.3. The number of likely N-dealkylation sites (tertiary alicyclic amines) is 1. The lowest BCUT2D eigenvalue weighted by Crippen LogP contribution is -2.41. The molecule has 1 saturated heterocycles. The van der Waals surface area contributed by atoms with E-state index in [0.717, 1.165) is 51.7 Å². The minimum atomic E-state index is 0.173. The molecule has 2 heterocycles. The molecule has 0 unspecified atom stereocenters. The molecule has 0 aromatic carbocycles. The zero-order valence-electron chi connectivity index (χ0n) is 14.2. The van der Waals surface area contributed by atoms with Crippen molar-refractivity contribution in [3.63, 3.8) is 0 Å². The van der Waals surface area contributed by atoms with Gasteiger partial charge in [-0.15, -0.1) is 0 Å². The Morgan fingerprint density at radius 2 is 1.81 bits per heavy atom. The van der Waals surface area contributed by atoms with Gasteiger partial charge in [0.05, 0.1) is 5.69 Å². The standard InChI is InChI=1S/C17H31N3O/c1-5-15-14(16(6-2)19(4)18-15)12-20-10-8-17(7-3,13-21)9-11-20/h21H,5-13H2,1-4H3. The van der Waals surface area contributed by atoms with Crippen LogP contribution in [0.2, 0.25) is 0 Å². The summed E-state index contributed by atoms with van der Waals surface area (Å²) in [5.41, 5.74) is 4.24. The summed E-state index contributed by atoms with van der Waals surface area (Å²) >= 11 is 0. The molecular formula is C17H31N3O. The third-order valence-electron chi connectivity index (χ3n) is 5.41. The van der Waals surface area contributed by atoms with Gasteiger partial charge in [0.25, 0.3) is 0 Å². The van der Waals surface area contributed by atoms with Crippen LogP contribution in [0, 0.1) is 5.41 Å². The van der Waals surface area contributed by atoms with Crippen LogP contribution >= 0.6 is 0 Å². The van der Waals surface area contributed by atoms with Gasteiger partial charge >= 0.3 is 0 Å². The van der Waals surface area contributed by atoms with Crippen molar-refractivity contribution in [1.29, 1.82) is 0 Å². The largest absolute Gasteiger partial charge is 0.396 e. The van der Waals surface area contributed by atoms with Gasteiger partial charge in [0, 0.05) is 31.5 Å². The molecule has 120 valence electrons. The fourth-order valence-corrected chi connectivity index (χ4v) is 3.61. The third kappa shape index (κ3) is 3.32. The van der Waals surface area contributed by atoms with Crippen LogP contribution in [0.5, 0.6) is 0 Å². The van der Waals surface area contributed by atoms with Gasteiger partial charge in [0.2, 0.25) is 0 Å². The minimum Gasteiger partial charge on any atom is -0.396 e. The zero-order chi connectivity index (χ0) is 15.5. The molecule has 0 saturated carbocycles. The molecular weight excluding hydrogens is 262 g/mol. The maximum atomic E-state index is 9.65. The van der Waals surface area contributed by atoms with Crippen molar-refractivity contribution in [2.45, 2.75) is 59.4 Å². The van der Waals surface area contributed by atoms with Crippen molar-refractivity contribution < 1.29 is 5.11 Å². The predicted octanol–water partition coefficient (Wildman–Crippen LogP) is 2.53. The highest BCUT2D eigenvalue weighted by Crippen LogP contribution is 2.35. The highest BCUT2D eigenvalue weighted by atomic mass is 16.3. The third-order valence-corrected chi connectivity index (χ3v) is 5.41. The summed E-state index contributed by atoms with van der Waals surface area (Å²) in [6, 6.07) is 0. The van der Waals surface area contributed by atoms with Crippen LogP contribution in [-0.4, -0.2) is 39.5 Å². The first kappa shape index (κ1) is 16.5. The van der Waals surface area contributed by atoms with E-state index >= 15 is 0 Å². The van der Waals surface area contributed by atoms with E-state index in [4.69, 9.17) is 0 Å². The Bertz CT molecular complexity index is 453. The molecule has 0 aliphatic carbocycles. The Morgan fingerprint density at radius 3 is 2.29 bits per heavy atom. The monoisotopic (exact) mass is 293 g/mol. The van der Waals surface area contributed by atoms with Gasteiger partial charge in [-0.25, -0.2) is 0 Å². The molecule has 4 nitrogen and oxygen atoms in total. The SMILES string of the molecule is CCc1nn(C)c(CC)c1CN1CCC(CC)(CO)CC1. The van der Waals surface area contributed by atoms with E-state index in [0.29, 0.717) is 6.61 Å². The van der Waals surface area contributed by atoms with E-state index in [2.05, 4.69) is 42.5 Å². The number of aryl methyl sites for hydroxylation is 2. The molecule has 0 spiro atoms. The molecule has 0 radical (unpaired) electrons. The van der Waals surface area contributed by atoms with Crippen molar-refractivity contribution in [3.05, 3.63) is 17.0 Å². The van der Waals surface area contributed by atoms with Gasteiger partial charge in [-0.2, -0.15) is 5.10 Å². The van der Waals surface area contributed by atoms with Gasteiger partial charge < -0.3 is 5.11 Å². The number of nitrogens with zero attached hydrogens (tertiary/aromatic N) is 3. The first-order chi connectivity index (χ1) is 10.1. The lowest BCUT2D eigenvalue weighted by Gasteiger charge is -2.40. The van der Waals surface area contributed by atoms with Crippen LogP contribution in [0.25, 0.3) is 0 Å². The number of piperidine rings is 1. The average Bonchev–Trinajstić information content (AvgIpc) is 2.83. The summed E-state index contributed by atoms with van der Waals surface area (Å²) in [7, 11) is 2.06. The van der Waals surface area contributed by atoms with E-state index in [9.17, 15) is 5.11 Å². The van der Waals surface area contributed by atoms with E-state index < -0.39 is 0 Å². The van der Waals surface area contributed by atoms with Crippen LogP contribution in [0.4, 0.5) is 0 Å². The number of hydrogen-bond donors (Lipinski definition) is 1. The molecule has 1 aromatic rings. The Morgan fingerprint density at radius 1 is 1.14 bits per heavy atom. The van der Waals surface area contributed by atoms with Crippen molar-refractivity contribution in [1.82, 2.24) is 14.7 Å². The summed E-state index contributed by atoms with van der Waals surface area (Å²) in [4.78, 5) is 2.54. The molecule has 4 heteroatoms. The highest BCUT2D eigenvalue weighted by Gasteiger charge is 2.32. The quantitative estimate of drug-likeness (QED) is 0.876. The van der Waals surface area contributed by atoms with Crippen LogP contribution in [0.15, 0.2) is 0 Å². The Kier molecular flexibility index (Phi) is 5.44. The van der Waals surface area contributed by atoms with E-state index in [1.54, 1.807) is 0 Å². The Balaban J connectivity index is 2.07. The first-order valence-corrected chi connectivity index (χ1v) is 8.46. The molecule has 2 rings (SSSR count). The topological polar surface area (TPSA) is 41.3 Å². The van der Waals surface area contributed by atoms with Crippen LogP contribution in [0.1, 0.15) is 57.0 Å².